The fourth-order valence-electron chi connectivity index (χ4n) is 2.82. The molecule has 3 aromatic rings. The van der Waals surface area contributed by atoms with E-state index in [1.54, 1.807) is 0 Å². The van der Waals surface area contributed by atoms with Gasteiger partial charge in [0.05, 0.1) is 6.04 Å². The summed E-state index contributed by atoms with van der Waals surface area (Å²) >= 11 is 3.58. The molecule has 3 rings (SSSR count). The molecule has 21 heavy (non-hydrogen) atoms. The number of hydrogen-bond acceptors (Lipinski definition) is 1. The maximum absolute atomic E-state index is 3.58. The van der Waals surface area contributed by atoms with Crippen LogP contribution in [-0.4, -0.2) is 18.2 Å². The highest BCUT2D eigenvalue weighted by atomic mass is 79.9. The Morgan fingerprint density at radius 2 is 1.90 bits per heavy atom. The Kier molecular flexibility index (Phi) is 4.42. The van der Waals surface area contributed by atoms with Crippen molar-refractivity contribution < 1.29 is 0 Å². The predicted molar refractivity (Wildman–Crippen MR) is 92.8 cm³/mol. The Balaban J connectivity index is 2.07. The van der Waals surface area contributed by atoms with Crippen LogP contribution in [0, 0.1) is 0 Å². The standard InChI is InChI=1S/C18H19BrN2/c1-20-11-9-17(14-5-3-2-4-6-14)21-12-10-15-7-8-16(19)13-18(15)21/h2-8,10,12-13,17,20H,9,11H2,1H3. The van der Waals surface area contributed by atoms with Crippen LogP contribution in [0.4, 0.5) is 0 Å². The SMILES string of the molecule is CNCCC(c1ccccc1)n1ccc2ccc(Br)cc21. The van der Waals surface area contributed by atoms with Gasteiger partial charge in [0.2, 0.25) is 0 Å². The number of nitrogens with one attached hydrogen (secondary N) is 1. The van der Waals surface area contributed by atoms with Crippen molar-refractivity contribution in [3.63, 3.8) is 0 Å². The van der Waals surface area contributed by atoms with Crippen LogP contribution in [0.2, 0.25) is 0 Å². The van der Waals surface area contributed by atoms with Crippen molar-refractivity contribution in [2.45, 2.75) is 12.5 Å². The van der Waals surface area contributed by atoms with Crippen LogP contribution in [-0.2, 0) is 0 Å². The van der Waals surface area contributed by atoms with Gasteiger partial charge in [-0.15, -0.1) is 0 Å². The minimum Gasteiger partial charge on any atom is -0.340 e. The van der Waals surface area contributed by atoms with E-state index in [0.717, 1.165) is 17.4 Å². The third kappa shape index (κ3) is 3.04. The number of nitrogens with zero attached hydrogens (tertiary/aromatic N) is 1. The average Bonchev–Trinajstić information content (AvgIpc) is 2.92. The highest BCUT2D eigenvalue weighted by Crippen LogP contribution is 2.29. The molecule has 0 aliphatic heterocycles. The molecule has 2 nitrogen and oxygen atoms in total. The molecule has 0 aliphatic rings. The van der Waals surface area contributed by atoms with Crippen LogP contribution in [0.15, 0.2) is 65.3 Å². The smallest absolute Gasteiger partial charge is 0.0598 e. The van der Waals surface area contributed by atoms with Crippen molar-refractivity contribution in [3.05, 3.63) is 70.8 Å². The first-order chi connectivity index (χ1) is 10.3. The summed E-state index contributed by atoms with van der Waals surface area (Å²) in [6.45, 7) is 0.993. The third-order valence-electron chi connectivity index (χ3n) is 3.87. The van der Waals surface area contributed by atoms with Crippen molar-refractivity contribution >= 4 is 26.8 Å². The molecule has 3 heteroatoms. The van der Waals surface area contributed by atoms with Gasteiger partial charge in [0.15, 0.2) is 0 Å². The van der Waals surface area contributed by atoms with Gasteiger partial charge in [-0.2, -0.15) is 0 Å². The van der Waals surface area contributed by atoms with Crippen LogP contribution >= 0.6 is 15.9 Å². The zero-order valence-corrected chi connectivity index (χ0v) is 13.7. The Labute approximate surface area is 133 Å². The lowest BCUT2D eigenvalue weighted by Gasteiger charge is -2.21. The van der Waals surface area contributed by atoms with Crippen molar-refractivity contribution in [1.82, 2.24) is 9.88 Å². The van der Waals surface area contributed by atoms with Crippen LogP contribution < -0.4 is 5.32 Å². The zero-order valence-electron chi connectivity index (χ0n) is 12.1. The van der Waals surface area contributed by atoms with Crippen molar-refractivity contribution in [2.24, 2.45) is 0 Å². The van der Waals surface area contributed by atoms with Gasteiger partial charge in [-0.3, -0.25) is 0 Å². The van der Waals surface area contributed by atoms with Crippen LogP contribution in [0.3, 0.4) is 0 Å². The lowest BCUT2D eigenvalue weighted by molar-refractivity contribution is 0.539. The van der Waals surface area contributed by atoms with Gasteiger partial charge in [0.25, 0.3) is 0 Å². The number of fused-ring (bicyclic) bond motifs is 1. The van der Waals surface area contributed by atoms with Gasteiger partial charge in [0, 0.05) is 16.2 Å². The molecule has 0 radical (unpaired) electrons. The molecule has 2 aromatic carbocycles. The Hall–Kier alpha value is -1.58. The molecule has 0 fully saturated rings. The molecule has 0 aliphatic carbocycles. The molecule has 1 N–H and O–H groups in total. The van der Waals surface area contributed by atoms with Crippen LogP contribution in [0.25, 0.3) is 10.9 Å². The summed E-state index contributed by atoms with van der Waals surface area (Å²) in [7, 11) is 2.01. The normalized spacial score (nSPS) is 12.7. The van der Waals surface area contributed by atoms with Gasteiger partial charge in [0.1, 0.15) is 0 Å². The summed E-state index contributed by atoms with van der Waals surface area (Å²) in [5, 5.41) is 4.55. The summed E-state index contributed by atoms with van der Waals surface area (Å²) in [4.78, 5) is 0. The number of halogens is 1. The van der Waals surface area contributed by atoms with Gasteiger partial charge >= 0.3 is 0 Å². The maximum atomic E-state index is 3.58. The summed E-state index contributed by atoms with van der Waals surface area (Å²) in [5.74, 6) is 0. The highest BCUT2D eigenvalue weighted by Gasteiger charge is 2.15. The largest absolute Gasteiger partial charge is 0.340 e. The van der Waals surface area contributed by atoms with Crippen LogP contribution in [0.5, 0.6) is 0 Å². The number of rotatable bonds is 5. The number of hydrogen-bond donors (Lipinski definition) is 1. The molecular weight excluding hydrogens is 324 g/mol. The topological polar surface area (TPSA) is 17.0 Å². The zero-order chi connectivity index (χ0) is 14.7. The molecule has 0 saturated heterocycles. The second-order valence-electron chi connectivity index (χ2n) is 5.24. The Morgan fingerprint density at radius 1 is 1.10 bits per heavy atom. The number of aromatic nitrogens is 1. The molecule has 1 atom stereocenters. The van der Waals surface area contributed by atoms with E-state index in [2.05, 4.69) is 86.6 Å². The lowest BCUT2D eigenvalue weighted by atomic mass is 10.0. The lowest BCUT2D eigenvalue weighted by Crippen LogP contribution is -2.17. The predicted octanol–water partition coefficient (Wildman–Crippen LogP) is 4.60. The molecule has 1 heterocycles. The van der Waals surface area contributed by atoms with E-state index in [4.69, 9.17) is 0 Å². The number of benzene rings is 2. The summed E-state index contributed by atoms with van der Waals surface area (Å²) in [5.41, 5.74) is 2.62. The molecule has 108 valence electrons. The minimum atomic E-state index is 0.352. The van der Waals surface area contributed by atoms with Gasteiger partial charge in [-0.1, -0.05) is 52.3 Å². The van der Waals surface area contributed by atoms with Gasteiger partial charge < -0.3 is 9.88 Å². The first-order valence-corrected chi connectivity index (χ1v) is 8.04. The molecular formula is C18H19BrN2. The molecule has 0 spiro atoms. The average molecular weight is 343 g/mol. The molecule has 0 bridgehead atoms. The Bertz CT molecular complexity index is 718. The van der Waals surface area contributed by atoms with E-state index in [1.165, 1.54) is 16.5 Å². The highest BCUT2D eigenvalue weighted by molar-refractivity contribution is 9.10. The quantitative estimate of drug-likeness (QED) is 0.716. The molecule has 0 amide bonds. The minimum absolute atomic E-state index is 0.352. The fourth-order valence-corrected chi connectivity index (χ4v) is 3.17. The first kappa shape index (κ1) is 14.4. The van der Waals surface area contributed by atoms with E-state index in [9.17, 15) is 0 Å². The van der Waals surface area contributed by atoms with Gasteiger partial charge in [-0.25, -0.2) is 0 Å². The first-order valence-electron chi connectivity index (χ1n) is 7.25. The molecule has 1 unspecified atom stereocenters. The van der Waals surface area contributed by atoms with Crippen LogP contribution in [0.1, 0.15) is 18.0 Å². The summed E-state index contributed by atoms with van der Waals surface area (Å²) < 4.78 is 3.50. The fraction of sp³-hybridized carbons (Fsp3) is 0.222. The monoisotopic (exact) mass is 342 g/mol. The van der Waals surface area contributed by atoms with Gasteiger partial charge in [-0.05, 0) is 49.2 Å². The second-order valence-corrected chi connectivity index (χ2v) is 6.16. The maximum Gasteiger partial charge on any atom is 0.0598 e. The Morgan fingerprint density at radius 3 is 2.67 bits per heavy atom. The van der Waals surface area contributed by atoms with E-state index < -0.39 is 0 Å². The summed E-state index contributed by atoms with van der Waals surface area (Å²) in [6, 6.07) is 19.7. The molecule has 1 aromatic heterocycles. The van der Waals surface area contributed by atoms with Crippen molar-refractivity contribution in [3.8, 4) is 0 Å². The van der Waals surface area contributed by atoms with E-state index in [-0.39, 0.29) is 0 Å². The second kappa shape index (κ2) is 6.46. The van der Waals surface area contributed by atoms with E-state index in [1.807, 2.05) is 7.05 Å². The van der Waals surface area contributed by atoms with E-state index >= 15 is 0 Å². The molecule has 0 saturated carbocycles. The third-order valence-corrected chi connectivity index (χ3v) is 4.37. The summed E-state index contributed by atoms with van der Waals surface area (Å²) in [6.07, 6.45) is 3.27. The van der Waals surface area contributed by atoms with Crippen molar-refractivity contribution in [2.75, 3.05) is 13.6 Å². The van der Waals surface area contributed by atoms with E-state index in [0.29, 0.717) is 6.04 Å². The van der Waals surface area contributed by atoms with Crippen molar-refractivity contribution in [1.29, 1.82) is 0 Å².